The maximum absolute atomic E-state index is 9.87. The van der Waals surface area contributed by atoms with Crippen molar-refractivity contribution in [3.8, 4) is 0 Å². The van der Waals surface area contributed by atoms with Crippen molar-refractivity contribution in [3.63, 3.8) is 0 Å². The summed E-state index contributed by atoms with van der Waals surface area (Å²) in [6.45, 7) is 9.06. The first-order valence-corrected chi connectivity index (χ1v) is 4.48. The van der Waals surface area contributed by atoms with Crippen molar-refractivity contribution in [2.75, 3.05) is 0 Å². The third kappa shape index (κ3) is 31.3. The van der Waals surface area contributed by atoms with Gasteiger partial charge in [0.2, 0.25) is 5.91 Å². The van der Waals surface area contributed by atoms with E-state index in [1.54, 1.807) is 0 Å². The van der Waals surface area contributed by atoms with Gasteiger partial charge in [-0.1, -0.05) is 19.7 Å². The van der Waals surface area contributed by atoms with E-state index in [0.717, 1.165) is 12.2 Å². The molecule has 0 bridgehead atoms. The summed E-state index contributed by atoms with van der Waals surface area (Å²) in [5.41, 5.74) is 4.23. The molecule has 0 unspecified atom stereocenters. The van der Waals surface area contributed by atoms with Gasteiger partial charge in [0.15, 0.2) is 0 Å². The minimum atomic E-state index is -1.27. The molecule has 106 valence electrons. The van der Waals surface area contributed by atoms with Gasteiger partial charge in [-0.15, -0.1) is 0 Å². The summed E-state index contributed by atoms with van der Waals surface area (Å²) in [6.07, 6.45) is 1.38. The Morgan fingerprint density at radius 3 is 1.37 bits per heavy atom. The fourth-order valence-corrected chi connectivity index (χ4v) is 0.258. The number of carboxylic acid groups (broad SMARTS) is 3. The van der Waals surface area contributed by atoms with Gasteiger partial charge in [0.25, 0.3) is 0 Å². The summed E-state index contributed by atoms with van der Waals surface area (Å²) < 4.78 is 0. The van der Waals surface area contributed by atoms with Crippen molar-refractivity contribution in [2.45, 2.75) is 6.42 Å². The van der Waals surface area contributed by atoms with Crippen LogP contribution in [0.4, 0.5) is 0 Å². The lowest BCUT2D eigenvalue weighted by molar-refractivity contribution is -0.139. The number of amides is 1. The summed E-state index contributed by atoms with van der Waals surface area (Å²) in [6, 6.07) is 0. The Morgan fingerprint density at radius 2 is 1.32 bits per heavy atom. The van der Waals surface area contributed by atoms with Crippen LogP contribution in [-0.4, -0.2) is 39.1 Å². The second kappa shape index (κ2) is 13.2. The summed E-state index contributed by atoms with van der Waals surface area (Å²) in [4.78, 5) is 38.4. The molecule has 0 aliphatic carbocycles. The average Bonchev–Trinajstić information content (AvgIpc) is 2.29. The Labute approximate surface area is 109 Å². The Bertz CT molecular complexity index is 367. The number of hydrogen-bond donors (Lipinski definition) is 4. The van der Waals surface area contributed by atoms with Crippen LogP contribution in [0.5, 0.6) is 0 Å². The van der Waals surface area contributed by atoms with E-state index in [1.165, 1.54) is 0 Å². The van der Waals surface area contributed by atoms with E-state index < -0.39 is 30.2 Å². The van der Waals surface area contributed by atoms with E-state index in [-0.39, 0.29) is 5.57 Å². The Hall–Kier alpha value is -2.90. The Morgan fingerprint density at radius 1 is 1.00 bits per heavy atom. The van der Waals surface area contributed by atoms with Crippen LogP contribution in [0.15, 0.2) is 37.5 Å². The molecule has 0 rings (SSSR count). The molecule has 0 saturated carbocycles. The predicted octanol–water partition coefficient (Wildman–Crippen LogP) is 0.0166. The lowest BCUT2D eigenvalue weighted by Gasteiger charge is -1.91. The molecule has 0 atom stereocenters. The monoisotopic (exact) mass is 273 g/mol. The maximum atomic E-state index is 9.87. The molecular weight excluding hydrogens is 258 g/mol. The van der Waals surface area contributed by atoms with Crippen molar-refractivity contribution in [3.05, 3.63) is 37.5 Å². The topological polar surface area (TPSA) is 155 Å². The highest BCUT2D eigenvalue weighted by Gasteiger charge is 2.07. The standard InChI is InChI=1S/C5H6O4.C3H5NO.C3H4O2/c1-3(5(8)9)2-4(6)7;2*1-2-3(4)5/h1-2H2,(H,6,7)(H,8,9);2H,1H2,(H2,4,5);2H,1H2,(H,4,5). The van der Waals surface area contributed by atoms with Crippen molar-refractivity contribution in [1.29, 1.82) is 0 Å². The summed E-state index contributed by atoms with van der Waals surface area (Å²) in [7, 11) is 0. The highest BCUT2D eigenvalue weighted by molar-refractivity contribution is 5.91. The van der Waals surface area contributed by atoms with Crippen LogP contribution in [0.3, 0.4) is 0 Å². The molecule has 0 aliphatic rings. The van der Waals surface area contributed by atoms with Gasteiger partial charge < -0.3 is 21.1 Å². The van der Waals surface area contributed by atoms with E-state index in [1.807, 2.05) is 0 Å². The summed E-state index contributed by atoms with van der Waals surface area (Å²) >= 11 is 0. The van der Waals surface area contributed by atoms with Crippen LogP contribution >= 0.6 is 0 Å². The second-order valence-corrected chi connectivity index (χ2v) is 2.63. The van der Waals surface area contributed by atoms with Gasteiger partial charge in [-0.25, -0.2) is 9.59 Å². The van der Waals surface area contributed by atoms with Gasteiger partial charge >= 0.3 is 17.9 Å². The molecule has 0 aromatic heterocycles. The van der Waals surface area contributed by atoms with Gasteiger partial charge in [0, 0.05) is 11.6 Å². The molecule has 1 amide bonds. The molecule has 0 saturated heterocycles. The zero-order chi connectivity index (χ0) is 16.0. The number of carboxylic acids is 3. The van der Waals surface area contributed by atoms with Crippen molar-refractivity contribution < 1.29 is 34.5 Å². The number of nitrogens with two attached hydrogens (primary N) is 1. The lowest BCUT2D eigenvalue weighted by Crippen LogP contribution is -2.04. The van der Waals surface area contributed by atoms with Crippen LogP contribution in [0.25, 0.3) is 0 Å². The number of carbonyl (C=O) groups excluding carboxylic acids is 1. The van der Waals surface area contributed by atoms with Crippen LogP contribution in [0, 0.1) is 0 Å². The van der Waals surface area contributed by atoms with Gasteiger partial charge in [-0.2, -0.15) is 0 Å². The fourth-order valence-electron chi connectivity index (χ4n) is 0.258. The largest absolute Gasteiger partial charge is 0.481 e. The van der Waals surface area contributed by atoms with Gasteiger partial charge in [0.1, 0.15) is 0 Å². The number of carbonyl (C=O) groups is 4. The zero-order valence-electron chi connectivity index (χ0n) is 10.0. The number of rotatable bonds is 5. The first-order chi connectivity index (χ1) is 8.58. The molecule has 5 N–H and O–H groups in total. The van der Waals surface area contributed by atoms with Gasteiger partial charge in [-0.05, 0) is 6.08 Å². The fraction of sp³-hybridized carbons (Fsp3) is 0.0909. The highest BCUT2D eigenvalue weighted by Crippen LogP contribution is 1.95. The smallest absolute Gasteiger partial charge is 0.331 e. The van der Waals surface area contributed by atoms with Crippen molar-refractivity contribution >= 4 is 23.8 Å². The van der Waals surface area contributed by atoms with Crippen LogP contribution in [0.1, 0.15) is 6.42 Å². The average molecular weight is 273 g/mol. The van der Waals surface area contributed by atoms with E-state index >= 15 is 0 Å². The first-order valence-electron chi connectivity index (χ1n) is 4.48. The highest BCUT2D eigenvalue weighted by atomic mass is 16.4. The van der Waals surface area contributed by atoms with E-state index in [0.29, 0.717) is 0 Å². The van der Waals surface area contributed by atoms with Crippen LogP contribution in [-0.2, 0) is 19.2 Å². The van der Waals surface area contributed by atoms with E-state index in [4.69, 9.17) is 15.3 Å². The van der Waals surface area contributed by atoms with Crippen LogP contribution < -0.4 is 5.73 Å². The first kappa shape index (κ1) is 21.4. The molecular formula is C11H15NO7. The minimum Gasteiger partial charge on any atom is -0.481 e. The minimum absolute atomic E-state index is 0.303. The second-order valence-electron chi connectivity index (χ2n) is 2.63. The number of hydrogen-bond acceptors (Lipinski definition) is 4. The van der Waals surface area contributed by atoms with Crippen molar-refractivity contribution in [1.82, 2.24) is 0 Å². The quantitative estimate of drug-likeness (QED) is 0.514. The molecule has 0 aliphatic heterocycles. The number of primary amides is 1. The predicted molar refractivity (Wildman–Crippen MR) is 66.3 cm³/mol. The SMILES string of the molecule is C=C(CC(=O)O)C(=O)O.C=CC(=O)O.C=CC(N)=O. The van der Waals surface area contributed by atoms with Crippen LogP contribution in [0.2, 0.25) is 0 Å². The third-order valence-corrected chi connectivity index (χ3v) is 1.04. The Balaban J connectivity index is -0.000000219. The molecule has 0 heterocycles. The molecule has 0 radical (unpaired) electrons. The van der Waals surface area contributed by atoms with E-state index in [2.05, 4.69) is 25.5 Å². The van der Waals surface area contributed by atoms with E-state index in [9.17, 15) is 19.2 Å². The summed E-state index contributed by atoms with van der Waals surface area (Å²) in [5, 5.41) is 23.7. The van der Waals surface area contributed by atoms with Crippen molar-refractivity contribution in [2.24, 2.45) is 5.73 Å². The molecule has 8 heteroatoms. The molecule has 8 nitrogen and oxygen atoms in total. The lowest BCUT2D eigenvalue weighted by atomic mass is 10.2. The normalized spacial score (nSPS) is 7.37. The zero-order valence-corrected chi connectivity index (χ0v) is 10.0. The molecule has 0 aromatic rings. The molecule has 0 spiro atoms. The summed E-state index contributed by atoms with van der Waals surface area (Å²) in [5.74, 6) is -3.91. The maximum Gasteiger partial charge on any atom is 0.331 e. The van der Waals surface area contributed by atoms with Gasteiger partial charge in [0.05, 0.1) is 6.42 Å². The Kier molecular flexibility index (Phi) is 14.8. The molecule has 19 heavy (non-hydrogen) atoms. The molecule has 0 fully saturated rings. The third-order valence-electron chi connectivity index (χ3n) is 1.04. The number of aliphatic carboxylic acids is 3. The van der Waals surface area contributed by atoms with Gasteiger partial charge in [-0.3, -0.25) is 9.59 Å². The molecule has 0 aromatic carbocycles.